The van der Waals surface area contributed by atoms with Crippen LogP contribution in [0.15, 0.2) is 48.3 Å². The molecule has 2 aromatic rings. The third kappa shape index (κ3) is 6.01. The average molecular weight is 340 g/mol. The quantitative estimate of drug-likeness (QED) is 0.726. The van der Waals surface area contributed by atoms with Gasteiger partial charge in [-0.05, 0) is 37.0 Å². The molecule has 0 aliphatic rings. The van der Waals surface area contributed by atoms with E-state index in [9.17, 15) is 8.42 Å². The number of nitrogens with zero attached hydrogens (tertiary/aromatic N) is 1. The Labute approximate surface area is 135 Å². The van der Waals surface area contributed by atoms with Crippen LogP contribution < -0.4 is 4.72 Å². The molecule has 118 valence electrons. The number of allylic oxidation sites excluding steroid dienone is 1. The summed E-state index contributed by atoms with van der Waals surface area (Å²) < 4.78 is 26.2. The first-order chi connectivity index (χ1) is 10.6. The maximum atomic E-state index is 11.8. The molecule has 0 aliphatic carbocycles. The number of sulfonamides is 1. The van der Waals surface area contributed by atoms with E-state index in [4.69, 9.17) is 11.6 Å². The number of hydrogen-bond donors (Lipinski definition) is 2. The van der Waals surface area contributed by atoms with Crippen molar-refractivity contribution in [2.45, 2.75) is 25.8 Å². The van der Waals surface area contributed by atoms with E-state index in [2.05, 4.69) is 14.7 Å². The van der Waals surface area contributed by atoms with Gasteiger partial charge in [-0.15, -0.1) is 0 Å². The highest BCUT2D eigenvalue weighted by Crippen LogP contribution is 2.09. The molecule has 0 amide bonds. The van der Waals surface area contributed by atoms with Gasteiger partial charge in [-0.3, -0.25) is 0 Å². The monoisotopic (exact) mass is 339 g/mol. The lowest BCUT2D eigenvalue weighted by atomic mass is 10.2. The zero-order chi connectivity index (χ0) is 15.8. The molecule has 2 rings (SSSR count). The van der Waals surface area contributed by atoms with Crippen LogP contribution in [0.3, 0.4) is 0 Å². The summed E-state index contributed by atoms with van der Waals surface area (Å²) in [5.41, 5.74) is 1.84. The summed E-state index contributed by atoms with van der Waals surface area (Å²) in [5.74, 6) is 0. The Morgan fingerprint density at radius 3 is 2.73 bits per heavy atom. The van der Waals surface area contributed by atoms with Crippen LogP contribution in [-0.2, 0) is 23.0 Å². The van der Waals surface area contributed by atoms with Crippen molar-refractivity contribution in [1.82, 2.24) is 14.7 Å². The third-order valence-corrected chi connectivity index (χ3v) is 4.37. The molecule has 0 unspecified atom stereocenters. The normalized spacial score (nSPS) is 12.0. The molecule has 0 atom stereocenters. The minimum atomic E-state index is -3.41. The fourth-order valence-corrected chi connectivity index (χ4v) is 2.84. The van der Waals surface area contributed by atoms with E-state index in [1.54, 1.807) is 36.7 Å². The van der Waals surface area contributed by atoms with Crippen molar-refractivity contribution in [2.75, 3.05) is 0 Å². The van der Waals surface area contributed by atoms with Crippen LogP contribution in [0.4, 0.5) is 0 Å². The van der Waals surface area contributed by atoms with E-state index in [-0.39, 0.29) is 6.54 Å². The number of imidazole rings is 1. The second kappa shape index (κ2) is 8.12. The summed E-state index contributed by atoms with van der Waals surface area (Å²) in [6.07, 6.45) is 7.51. The van der Waals surface area contributed by atoms with Crippen molar-refractivity contribution >= 4 is 21.6 Å². The number of H-pyrrole nitrogens is 1. The van der Waals surface area contributed by atoms with Crippen molar-refractivity contribution in [2.24, 2.45) is 0 Å². The smallest absolute Gasteiger partial charge is 0.233 e. The highest BCUT2D eigenvalue weighted by molar-refractivity contribution is 7.92. The van der Waals surface area contributed by atoms with Gasteiger partial charge in [-0.1, -0.05) is 29.8 Å². The summed E-state index contributed by atoms with van der Waals surface area (Å²) in [6, 6.07) is 7.04. The minimum absolute atomic E-state index is 0.247. The number of nitrogens with one attached hydrogen (secondary N) is 2. The molecule has 7 heteroatoms. The molecule has 1 aromatic carbocycles. The van der Waals surface area contributed by atoms with Crippen molar-refractivity contribution < 1.29 is 8.42 Å². The Balaban J connectivity index is 1.73. The van der Waals surface area contributed by atoms with Crippen LogP contribution in [0.25, 0.3) is 0 Å². The fraction of sp³-hybridized carbons (Fsp3) is 0.267. The molecule has 2 N–H and O–H groups in total. The van der Waals surface area contributed by atoms with E-state index in [0.29, 0.717) is 11.4 Å². The molecule has 0 bridgehead atoms. The largest absolute Gasteiger partial charge is 0.351 e. The molecule has 22 heavy (non-hydrogen) atoms. The Hall–Kier alpha value is -1.63. The maximum Gasteiger partial charge on any atom is 0.233 e. The third-order valence-electron chi connectivity index (χ3n) is 3.02. The summed E-state index contributed by atoms with van der Waals surface area (Å²) in [5, 5.41) is 1.84. The number of aryl methyl sites for hydroxylation is 1. The highest BCUT2D eigenvalue weighted by atomic mass is 35.5. The van der Waals surface area contributed by atoms with Gasteiger partial charge < -0.3 is 4.98 Å². The van der Waals surface area contributed by atoms with Crippen LogP contribution in [0.5, 0.6) is 0 Å². The van der Waals surface area contributed by atoms with E-state index in [1.165, 1.54) is 5.41 Å². The SMILES string of the molecule is O=S(=O)(/C=C/CCCc1c[nH]cn1)NCc1ccc(Cl)cc1. The molecule has 0 fully saturated rings. The lowest BCUT2D eigenvalue weighted by molar-refractivity contribution is 0.590. The number of benzene rings is 1. The van der Waals surface area contributed by atoms with Gasteiger partial charge in [0.1, 0.15) is 0 Å². The number of aromatic amines is 1. The Morgan fingerprint density at radius 1 is 1.27 bits per heavy atom. The first kappa shape index (κ1) is 16.7. The maximum absolute atomic E-state index is 11.8. The van der Waals surface area contributed by atoms with Crippen LogP contribution in [-0.4, -0.2) is 18.4 Å². The fourth-order valence-electron chi connectivity index (χ4n) is 1.86. The van der Waals surface area contributed by atoms with Crippen LogP contribution in [0.1, 0.15) is 24.1 Å². The van der Waals surface area contributed by atoms with Crippen LogP contribution in [0.2, 0.25) is 5.02 Å². The standard InChI is InChI=1S/C15H18ClN3O2S/c16-14-7-5-13(6-8-14)10-19-22(20,21)9-3-1-2-4-15-11-17-12-18-15/h3,5-9,11-12,19H,1-2,4,10H2,(H,17,18)/b9-3+. The van der Waals surface area contributed by atoms with Gasteiger partial charge in [0.2, 0.25) is 10.0 Å². The number of aromatic nitrogens is 2. The van der Waals surface area contributed by atoms with Crippen molar-refractivity contribution in [1.29, 1.82) is 0 Å². The first-order valence-corrected chi connectivity index (χ1v) is 8.86. The van der Waals surface area contributed by atoms with Gasteiger partial charge in [0.25, 0.3) is 0 Å². The lowest BCUT2D eigenvalue weighted by Gasteiger charge is -2.03. The second-order valence-electron chi connectivity index (χ2n) is 4.82. The molecular formula is C15H18ClN3O2S. The topological polar surface area (TPSA) is 74.8 Å². The van der Waals surface area contributed by atoms with Crippen molar-refractivity contribution in [3.05, 3.63) is 64.6 Å². The van der Waals surface area contributed by atoms with E-state index < -0.39 is 10.0 Å². The number of unbranched alkanes of at least 4 members (excludes halogenated alkanes) is 1. The van der Waals surface area contributed by atoms with E-state index in [1.807, 2.05) is 6.20 Å². The predicted octanol–water partition coefficient (Wildman–Crippen LogP) is 3.02. The number of hydrogen-bond acceptors (Lipinski definition) is 3. The van der Waals surface area contributed by atoms with Gasteiger partial charge in [0.05, 0.1) is 12.0 Å². The minimum Gasteiger partial charge on any atom is -0.351 e. The van der Waals surface area contributed by atoms with E-state index in [0.717, 1.165) is 24.1 Å². The molecular weight excluding hydrogens is 322 g/mol. The van der Waals surface area contributed by atoms with Gasteiger partial charge in [-0.2, -0.15) is 0 Å². The molecule has 1 aromatic heterocycles. The molecule has 1 heterocycles. The summed E-state index contributed by atoms with van der Waals surface area (Å²) in [6.45, 7) is 0.247. The van der Waals surface area contributed by atoms with Gasteiger partial charge in [-0.25, -0.2) is 18.1 Å². The summed E-state index contributed by atoms with van der Waals surface area (Å²) in [7, 11) is -3.41. The zero-order valence-electron chi connectivity index (χ0n) is 12.0. The van der Waals surface area contributed by atoms with Crippen molar-refractivity contribution in [3.8, 4) is 0 Å². The first-order valence-electron chi connectivity index (χ1n) is 6.93. The molecule has 0 saturated heterocycles. The zero-order valence-corrected chi connectivity index (χ0v) is 13.6. The van der Waals surface area contributed by atoms with Gasteiger partial charge in [0, 0.05) is 23.2 Å². The number of rotatable bonds is 8. The van der Waals surface area contributed by atoms with Crippen LogP contribution in [0, 0.1) is 0 Å². The average Bonchev–Trinajstić information content (AvgIpc) is 3.00. The lowest BCUT2D eigenvalue weighted by Crippen LogP contribution is -2.20. The van der Waals surface area contributed by atoms with Gasteiger partial charge in [0.15, 0.2) is 0 Å². The Bertz CT molecular complexity index is 695. The molecule has 0 radical (unpaired) electrons. The predicted molar refractivity (Wildman–Crippen MR) is 87.9 cm³/mol. The van der Waals surface area contributed by atoms with Crippen LogP contribution >= 0.6 is 11.6 Å². The molecule has 0 saturated carbocycles. The van der Waals surface area contributed by atoms with Gasteiger partial charge >= 0.3 is 0 Å². The summed E-state index contributed by atoms with van der Waals surface area (Å²) in [4.78, 5) is 7.00. The van der Waals surface area contributed by atoms with Crippen molar-refractivity contribution in [3.63, 3.8) is 0 Å². The Morgan fingerprint density at radius 2 is 2.05 bits per heavy atom. The second-order valence-corrected chi connectivity index (χ2v) is 6.90. The molecule has 5 nitrogen and oxygen atoms in total. The Kier molecular flexibility index (Phi) is 6.18. The highest BCUT2D eigenvalue weighted by Gasteiger charge is 2.04. The number of halogens is 1. The molecule has 0 aliphatic heterocycles. The molecule has 0 spiro atoms. The van der Waals surface area contributed by atoms with E-state index >= 15 is 0 Å². The summed E-state index contributed by atoms with van der Waals surface area (Å²) >= 11 is 5.78.